The van der Waals surface area contributed by atoms with Crippen molar-refractivity contribution >= 4 is 11.6 Å². The van der Waals surface area contributed by atoms with Gasteiger partial charge in [-0.25, -0.2) is 0 Å². The number of amides is 1. The molecule has 9 heteroatoms. The van der Waals surface area contributed by atoms with Crippen LogP contribution in [0.2, 0.25) is 0 Å². The molecule has 0 radical (unpaired) electrons. The topological polar surface area (TPSA) is 119 Å². The van der Waals surface area contributed by atoms with Crippen LogP contribution >= 0.6 is 0 Å². The van der Waals surface area contributed by atoms with Crippen molar-refractivity contribution in [2.45, 2.75) is 51.1 Å². The first-order valence-electron chi connectivity index (χ1n) is 8.13. The summed E-state index contributed by atoms with van der Waals surface area (Å²) in [5.74, 6) is -0.512. The van der Waals surface area contributed by atoms with Crippen molar-refractivity contribution in [3.8, 4) is 0 Å². The maximum absolute atomic E-state index is 12.6. The molecule has 2 aromatic rings. The highest BCUT2D eigenvalue weighted by atomic mass is 16.6. The Balaban J connectivity index is 1.81. The van der Waals surface area contributed by atoms with Gasteiger partial charge < -0.3 is 5.32 Å². The summed E-state index contributed by atoms with van der Waals surface area (Å²) >= 11 is 0. The molecule has 24 heavy (non-hydrogen) atoms. The van der Waals surface area contributed by atoms with E-state index in [4.69, 9.17) is 0 Å². The molecule has 1 aliphatic rings. The number of nitro groups is 1. The van der Waals surface area contributed by atoms with Gasteiger partial charge in [-0.15, -0.1) is 0 Å². The molecule has 0 bridgehead atoms. The molecule has 2 aromatic heterocycles. The number of nitrogens with zero attached hydrogens (tertiary/aromatic N) is 4. The van der Waals surface area contributed by atoms with E-state index in [2.05, 4.69) is 20.6 Å². The molecule has 0 aliphatic heterocycles. The minimum absolute atomic E-state index is 0.0568. The van der Waals surface area contributed by atoms with Crippen LogP contribution in [0.1, 0.15) is 54.8 Å². The monoisotopic (exact) mass is 332 g/mol. The van der Waals surface area contributed by atoms with Crippen molar-refractivity contribution < 1.29 is 9.72 Å². The molecule has 0 saturated heterocycles. The SMILES string of the molecule is CCc1[nH]nc(C(=O)N[C@H]2CCCC[C@H]2n2cccn2)c1[N+](=O)[O-]. The third-order valence-corrected chi connectivity index (χ3v) is 4.47. The molecule has 0 spiro atoms. The Bertz CT molecular complexity index is 724. The fraction of sp³-hybridized carbons (Fsp3) is 0.533. The summed E-state index contributed by atoms with van der Waals surface area (Å²) in [7, 11) is 0. The van der Waals surface area contributed by atoms with E-state index in [0.29, 0.717) is 12.1 Å². The van der Waals surface area contributed by atoms with Crippen LogP contribution in [0, 0.1) is 10.1 Å². The van der Waals surface area contributed by atoms with Gasteiger partial charge in [0.15, 0.2) is 0 Å². The third-order valence-electron chi connectivity index (χ3n) is 4.47. The van der Waals surface area contributed by atoms with Crippen LogP contribution in [0.15, 0.2) is 18.5 Å². The van der Waals surface area contributed by atoms with E-state index in [1.165, 1.54) is 0 Å². The second kappa shape index (κ2) is 6.81. The van der Waals surface area contributed by atoms with E-state index in [-0.39, 0.29) is 23.5 Å². The van der Waals surface area contributed by atoms with Crippen molar-refractivity contribution in [2.75, 3.05) is 0 Å². The minimum atomic E-state index is -0.552. The standard InChI is InChI=1S/C15H20N6O3/c1-2-10-14(21(23)24)13(19-18-10)15(22)17-11-6-3-4-7-12(11)20-9-5-8-16-20/h5,8-9,11-12H,2-4,6-7H2,1H3,(H,17,22)(H,18,19)/t11-,12+/m0/s1. The van der Waals surface area contributed by atoms with Crippen molar-refractivity contribution in [3.63, 3.8) is 0 Å². The lowest BCUT2D eigenvalue weighted by Crippen LogP contribution is -2.43. The number of H-pyrrole nitrogens is 1. The largest absolute Gasteiger partial charge is 0.346 e. The van der Waals surface area contributed by atoms with Crippen LogP contribution in [-0.2, 0) is 6.42 Å². The number of hydrogen-bond donors (Lipinski definition) is 2. The summed E-state index contributed by atoms with van der Waals surface area (Å²) in [6.07, 6.45) is 7.80. The Morgan fingerprint density at radius 2 is 2.29 bits per heavy atom. The van der Waals surface area contributed by atoms with E-state index in [1.54, 1.807) is 13.1 Å². The Morgan fingerprint density at radius 3 is 2.96 bits per heavy atom. The summed E-state index contributed by atoms with van der Waals surface area (Å²) in [5, 5.41) is 24.9. The van der Waals surface area contributed by atoms with E-state index in [1.807, 2.05) is 16.9 Å². The van der Waals surface area contributed by atoms with Gasteiger partial charge in [0.05, 0.1) is 17.0 Å². The highest BCUT2D eigenvalue weighted by molar-refractivity contribution is 5.96. The van der Waals surface area contributed by atoms with Gasteiger partial charge in [-0.2, -0.15) is 10.2 Å². The Hall–Kier alpha value is -2.71. The molecule has 0 aromatic carbocycles. The smallest absolute Gasteiger partial charge is 0.322 e. The molecule has 1 aliphatic carbocycles. The van der Waals surface area contributed by atoms with Crippen LogP contribution in [0.3, 0.4) is 0 Å². The zero-order valence-electron chi connectivity index (χ0n) is 13.4. The maximum atomic E-state index is 12.6. The van der Waals surface area contributed by atoms with Crippen molar-refractivity contribution in [2.24, 2.45) is 0 Å². The zero-order valence-corrected chi connectivity index (χ0v) is 13.4. The highest BCUT2D eigenvalue weighted by Crippen LogP contribution is 2.29. The van der Waals surface area contributed by atoms with Gasteiger partial charge in [0.1, 0.15) is 5.69 Å². The van der Waals surface area contributed by atoms with Gasteiger partial charge >= 0.3 is 5.69 Å². The molecule has 2 atom stereocenters. The third kappa shape index (κ3) is 3.01. The molecular weight excluding hydrogens is 312 g/mol. The molecule has 3 rings (SSSR count). The van der Waals surface area contributed by atoms with Gasteiger partial charge in [-0.05, 0) is 25.3 Å². The van der Waals surface area contributed by atoms with Crippen LogP contribution in [0.4, 0.5) is 5.69 Å². The fourth-order valence-corrected chi connectivity index (χ4v) is 3.28. The number of aromatic nitrogens is 4. The summed E-state index contributed by atoms with van der Waals surface area (Å²) in [5.41, 5.74) is -0.0273. The number of nitrogens with one attached hydrogen (secondary N) is 2. The first-order chi connectivity index (χ1) is 11.6. The number of aryl methyl sites for hydroxylation is 1. The van der Waals surface area contributed by atoms with Crippen LogP contribution in [0.25, 0.3) is 0 Å². The van der Waals surface area contributed by atoms with Crippen LogP contribution in [-0.4, -0.2) is 36.9 Å². The summed E-state index contributed by atoms with van der Waals surface area (Å²) < 4.78 is 1.85. The number of carbonyl (C=O) groups is 1. The fourth-order valence-electron chi connectivity index (χ4n) is 3.28. The first-order valence-corrected chi connectivity index (χ1v) is 8.13. The molecule has 2 heterocycles. The van der Waals surface area contributed by atoms with Crippen LogP contribution in [0.5, 0.6) is 0 Å². The van der Waals surface area contributed by atoms with E-state index in [9.17, 15) is 14.9 Å². The molecule has 9 nitrogen and oxygen atoms in total. The number of aromatic amines is 1. The molecule has 0 unspecified atom stereocenters. The molecular formula is C15H20N6O3. The maximum Gasteiger partial charge on any atom is 0.322 e. The summed E-state index contributed by atoms with van der Waals surface area (Å²) in [6, 6.07) is 1.79. The van der Waals surface area contributed by atoms with Gasteiger partial charge in [0, 0.05) is 12.4 Å². The number of rotatable bonds is 5. The van der Waals surface area contributed by atoms with Crippen LogP contribution < -0.4 is 5.32 Å². The van der Waals surface area contributed by atoms with Gasteiger partial charge in [0.2, 0.25) is 5.69 Å². The lowest BCUT2D eigenvalue weighted by atomic mass is 9.90. The molecule has 1 saturated carbocycles. The average molecular weight is 332 g/mol. The summed E-state index contributed by atoms with van der Waals surface area (Å²) in [4.78, 5) is 23.3. The quantitative estimate of drug-likeness (QED) is 0.641. The van der Waals surface area contributed by atoms with E-state index >= 15 is 0 Å². The van der Waals surface area contributed by atoms with Gasteiger partial charge in [-0.3, -0.25) is 24.7 Å². The van der Waals surface area contributed by atoms with E-state index in [0.717, 1.165) is 25.7 Å². The predicted molar refractivity (Wildman–Crippen MR) is 85.6 cm³/mol. The lowest BCUT2D eigenvalue weighted by molar-refractivity contribution is -0.385. The number of hydrogen-bond acceptors (Lipinski definition) is 5. The normalized spacial score (nSPS) is 20.7. The molecule has 1 fully saturated rings. The second-order valence-electron chi connectivity index (χ2n) is 5.93. The Kier molecular flexibility index (Phi) is 4.59. The van der Waals surface area contributed by atoms with Crippen molar-refractivity contribution in [3.05, 3.63) is 40.0 Å². The van der Waals surface area contributed by atoms with Gasteiger partial charge in [-0.1, -0.05) is 19.8 Å². The zero-order chi connectivity index (χ0) is 17.1. The molecule has 1 amide bonds. The van der Waals surface area contributed by atoms with E-state index < -0.39 is 10.8 Å². The number of carbonyl (C=O) groups excluding carboxylic acids is 1. The van der Waals surface area contributed by atoms with Crippen molar-refractivity contribution in [1.82, 2.24) is 25.3 Å². The van der Waals surface area contributed by atoms with Gasteiger partial charge in [0.25, 0.3) is 5.91 Å². The first kappa shape index (κ1) is 16.2. The lowest BCUT2D eigenvalue weighted by Gasteiger charge is -2.32. The average Bonchev–Trinajstić information content (AvgIpc) is 3.24. The molecule has 2 N–H and O–H groups in total. The summed E-state index contributed by atoms with van der Waals surface area (Å²) in [6.45, 7) is 1.77. The predicted octanol–water partition coefficient (Wildman–Crippen LogP) is 1.99. The highest BCUT2D eigenvalue weighted by Gasteiger charge is 2.33. The Morgan fingerprint density at radius 1 is 1.50 bits per heavy atom. The second-order valence-corrected chi connectivity index (χ2v) is 5.93. The minimum Gasteiger partial charge on any atom is -0.346 e. The molecule has 128 valence electrons. The van der Waals surface area contributed by atoms with Crippen molar-refractivity contribution in [1.29, 1.82) is 0 Å². The Labute approximate surface area is 138 Å².